The highest BCUT2D eigenvalue weighted by molar-refractivity contribution is 5.15. The van der Waals surface area contributed by atoms with Crippen molar-refractivity contribution in [3.63, 3.8) is 0 Å². The Kier molecular flexibility index (Phi) is 5.47. The topological polar surface area (TPSA) is 15.3 Å². The van der Waals surface area contributed by atoms with Crippen LogP contribution in [0.1, 0.15) is 37.7 Å². The Hall–Kier alpha value is -1.12. The summed E-state index contributed by atoms with van der Waals surface area (Å²) in [7, 11) is 0. The number of nitrogens with one attached hydrogen (secondary N) is 1. The molecule has 114 valence electrons. The summed E-state index contributed by atoms with van der Waals surface area (Å²) >= 11 is 0. The molecular weight excluding hydrogens is 256 g/mol. The SMILES string of the molecule is C1=C(CCNC2CCN(CCc3ccccc3)C2)CCC1. The molecular formula is C19H28N2. The quantitative estimate of drug-likeness (QED) is 0.772. The van der Waals surface area contributed by atoms with E-state index in [-0.39, 0.29) is 0 Å². The maximum atomic E-state index is 3.75. The lowest BCUT2D eigenvalue weighted by molar-refractivity contribution is 0.332. The number of allylic oxidation sites excluding steroid dienone is 1. The van der Waals surface area contributed by atoms with Gasteiger partial charge in [-0.1, -0.05) is 42.0 Å². The molecule has 0 aromatic heterocycles. The summed E-state index contributed by atoms with van der Waals surface area (Å²) in [6, 6.07) is 11.6. The van der Waals surface area contributed by atoms with E-state index in [2.05, 4.69) is 46.6 Å². The molecule has 1 fully saturated rings. The monoisotopic (exact) mass is 284 g/mol. The van der Waals surface area contributed by atoms with Gasteiger partial charge in [-0.2, -0.15) is 0 Å². The van der Waals surface area contributed by atoms with Crippen molar-refractivity contribution in [2.24, 2.45) is 0 Å². The van der Waals surface area contributed by atoms with Gasteiger partial charge in [0.25, 0.3) is 0 Å². The van der Waals surface area contributed by atoms with E-state index in [1.807, 2.05) is 0 Å². The number of nitrogens with zero attached hydrogens (tertiary/aromatic N) is 1. The van der Waals surface area contributed by atoms with Gasteiger partial charge in [0.15, 0.2) is 0 Å². The Labute approximate surface area is 129 Å². The van der Waals surface area contributed by atoms with Crippen LogP contribution in [0.15, 0.2) is 42.0 Å². The lowest BCUT2D eigenvalue weighted by atomic mass is 10.1. The van der Waals surface area contributed by atoms with Crippen LogP contribution in [0.2, 0.25) is 0 Å². The standard InChI is InChI=1S/C19H28N2/c1-2-6-18(7-3-1)11-14-21-15-12-19(16-21)20-13-10-17-8-4-5-9-17/h1-3,6-8,19-20H,4-5,9-16H2. The predicted octanol–water partition coefficient (Wildman–Crippen LogP) is 3.39. The molecule has 1 atom stereocenters. The first kappa shape index (κ1) is 14.8. The molecule has 0 radical (unpaired) electrons. The van der Waals surface area contributed by atoms with E-state index in [0.717, 1.165) is 0 Å². The third kappa shape index (κ3) is 4.69. The Balaban J connectivity index is 1.31. The van der Waals surface area contributed by atoms with Crippen molar-refractivity contribution in [2.75, 3.05) is 26.2 Å². The summed E-state index contributed by atoms with van der Waals surface area (Å²) in [5.74, 6) is 0. The summed E-state index contributed by atoms with van der Waals surface area (Å²) in [5.41, 5.74) is 3.14. The largest absolute Gasteiger partial charge is 0.312 e. The van der Waals surface area contributed by atoms with E-state index < -0.39 is 0 Å². The second-order valence-electron chi connectivity index (χ2n) is 6.48. The lowest BCUT2D eigenvalue weighted by Gasteiger charge is -2.17. The zero-order valence-electron chi connectivity index (χ0n) is 13.1. The average molecular weight is 284 g/mol. The van der Waals surface area contributed by atoms with Gasteiger partial charge in [0.1, 0.15) is 0 Å². The molecule has 3 rings (SSSR count). The van der Waals surface area contributed by atoms with Crippen LogP contribution in [0.4, 0.5) is 0 Å². The van der Waals surface area contributed by atoms with E-state index in [1.54, 1.807) is 5.57 Å². The van der Waals surface area contributed by atoms with E-state index >= 15 is 0 Å². The van der Waals surface area contributed by atoms with E-state index in [1.165, 1.54) is 70.3 Å². The van der Waals surface area contributed by atoms with E-state index in [4.69, 9.17) is 0 Å². The third-order valence-corrected chi connectivity index (χ3v) is 4.85. The van der Waals surface area contributed by atoms with E-state index in [0.29, 0.717) is 6.04 Å². The Morgan fingerprint density at radius 1 is 1.14 bits per heavy atom. The fourth-order valence-corrected chi connectivity index (χ4v) is 3.54. The minimum absolute atomic E-state index is 0.711. The number of rotatable bonds is 7. The summed E-state index contributed by atoms with van der Waals surface area (Å²) in [6.07, 6.45) is 10.2. The van der Waals surface area contributed by atoms with Crippen LogP contribution in [-0.2, 0) is 6.42 Å². The first-order chi connectivity index (χ1) is 10.4. The minimum Gasteiger partial charge on any atom is -0.312 e. The highest BCUT2D eigenvalue weighted by Gasteiger charge is 2.21. The summed E-state index contributed by atoms with van der Waals surface area (Å²) < 4.78 is 0. The Morgan fingerprint density at radius 2 is 2.05 bits per heavy atom. The lowest BCUT2D eigenvalue weighted by Crippen LogP contribution is -2.33. The Morgan fingerprint density at radius 3 is 2.86 bits per heavy atom. The van der Waals surface area contributed by atoms with Crippen molar-refractivity contribution in [3.05, 3.63) is 47.5 Å². The molecule has 21 heavy (non-hydrogen) atoms. The van der Waals surface area contributed by atoms with Crippen molar-refractivity contribution >= 4 is 0 Å². The molecule has 1 unspecified atom stereocenters. The molecule has 2 heteroatoms. The molecule has 0 amide bonds. The van der Waals surface area contributed by atoms with Crippen molar-refractivity contribution in [3.8, 4) is 0 Å². The maximum Gasteiger partial charge on any atom is 0.0207 e. The second-order valence-corrected chi connectivity index (χ2v) is 6.48. The summed E-state index contributed by atoms with van der Waals surface area (Å²) in [5, 5.41) is 3.75. The molecule has 1 aliphatic heterocycles. The van der Waals surface area contributed by atoms with Crippen molar-refractivity contribution in [1.82, 2.24) is 10.2 Å². The molecule has 1 aromatic carbocycles. The highest BCUT2D eigenvalue weighted by Crippen LogP contribution is 2.20. The van der Waals surface area contributed by atoms with Gasteiger partial charge in [0, 0.05) is 19.1 Å². The van der Waals surface area contributed by atoms with Gasteiger partial charge in [-0.3, -0.25) is 0 Å². The van der Waals surface area contributed by atoms with E-state index in [9.17, 15) is 0 Å². The molecule has 1 saturated heterocycles. The molecule has 0 saturated carbocycles. The van der Waals surface area contributed by atoms with Gasteiger partial charge in [0.05, 0.1) is 0 Å². The zero-order valence-corrected chi connectivity index (χ0v) is 13.1. The number of hydrogen-bond acceptors (Lipinski definition) is 2. The number of benzene rings is 1. The molecule has 2 aliphatic rings. The van der Waals surface area contributed by atoms with Gasteiger partial charge in [0.2, 0.25) is 0 Å². The fraction of sp³-hybridized carbons (Fsp3) is 0.579. The molecule has 1 aromatic rings. The summed E-state index contributed by atoms with van der Waals surface area (Å²) in [6.45, 7) is 4.86. The third-order valence-electron chi connectivity index (χ3n) is 4.85. The van der Waals surface area contributed by atoms with Gasteiger partial charge in [-0.15, -0.1) is 0 Å². The first-order valence-electron chi connectivity index (χ1n) is 8.58. The van der Waals surface area contributed by atoms with Gasteiger partial charge in [-0.25, -0.2) is 0 Å². The minimum atomic E-state index is 0.711. The van der Waals surface area contributed by atoms with Crippen LogP contribution < -0.4 is 5.32 Å². The fourth-order valence-electron chi connectivity index (χ4n) is 3.54. The highest BCUT2D eigenvalue weighted by atomic mass is 15.2. The molecule has 0 bridgehead atoms. The first-order valence-corrected chi connectivity index (χ1v) is 8.58. The van der Waals surface area contributed by atoms with Crippen molar-refractivity contribution in [2.45, 2.75) is 44.6 Å². The van der Waals surface area contributed by atoms with Crippen LogP contribution in [0.3, 0.4) is 0 Å². The Bertz CT molecular complexity index is 452. The summed E-state index contributed by atoms with van der Waals surface area (Å²) in [4.78, 5) is 2.61. The number of likely N-dealkylation sites (tertiary alicyclic amines) is 1. The smallest absolute Gasteiger partial charge is 0.0207 e. The maximum absolute atomic E-state index is 3.75. The second kappa shape index (κ2) is 7.77. The molecule has 1 aliphatic carbocycles. The normalized spacial score (nSPS) is 22.7. The van der Waals surface area contributed by atoms with Crippen molar-refractivity contribution < 1.29 is 0 Å². The van der Waals surface area contributed by atoms with Gasteiger partial charge in [-0.05, 0) is 57.2 Å². The van der Waals surface area contributed by atoms with Gasteiger partial charge < -0.3 is 10.2 Å². The van der Waals surface area contributed by atoms with Crippen molar-refractivity contribution in [1.29, 1.82) is 0 Å². The zero-order chi connectivity index (χ0) is 14.3. The number of hydrogen-bond donors (Lipinski definition) is 1. The van der Waals surface area contributed by atoms with Crippen LogP contribution in [-0.4, -0.2) is 37.1 Å². The van der Waals surface area contributed by atoms with Gasteiger partial charge >= 0.3 is 0 Å². The van der Waals surface area contributed by atoms with Crippen LogP contribution in [0, 0.1) is 0 Å². The molecule has 1 N–H and O–H groups in total. The molecule has 0 spiro atoms. The molecule has 1 heterocycles. The van der Waals surface area contributed by atoms with Crippen LogP contribution >= 0.6 is 0 Å². The van der Waals surface area contributed by atoms with Crippen LogP contribution in [0.25, 0.3) is 0 Å². The molecule has 2 nitrogen and oxygen atoms in total. The predicted molar refractivity (Wildman–Crippen MR) is 89.5 cm³/mol. The average Bonchev–Trinajstić information content (AvgIpc) is 3.18. The van der Waals surface area contributed by atoms with Crippen LogP contribution in [0.5, 0.6) is 0 Å².